The van der Waals surface area contributed by atoms with Crippen LogP contribution < -0.4 is 15.8 Å². The number of thiazole rings is 1. The second-order valence-electron chi connectivity index (χ2n) is 5.24. The molecule has 7 heteroatoms. The highest BCUT2D eigenvalue weighted by Gasteiger charge is 2.21. The van der Waals surface area contributed by atoms with Crippen molar-refractivity contribution >= 4 is 17.3 Å². The number of ether oxygens (including phenoxy) is 2. The average Bonchev–Trinajstić information content (AvgIpc) is 3.01. The van der Waals surface area contributed by atoms with Gasteiger partial charge in [0, 0.05) is 24.5 Å². The maximum atomic E-state index is 6.02. The Bertz CT molecular complexity index is 686. The van der Waals surface area contributed by atoms with E-state index in [4.69, 9.17) is 15.2 Å². The van der Waals surface area contributed by atoms with E-state index in [9.17, 15) is 0 Å². The Labute approximate surface area is 139 Å². The highest BCUT2D eigenvalue weighted by molar-refractivity contribution is 7.09. The van der Waals surface area contributed by atoms with Crippen molar-refractivity contribution in [2.75, 3.05) is 13.7 Å². The lowest BCUT2D eigenvalue weighted by atomic mass is 10.0. The highest BCUT2D eigenvalue weighted by atomic mass is 32.1. The lowest BCUT2D eigenvalue weighted by Gasteiger charge is -2.26. The van der Waals surface area contributed by atoms with Gasteiger partial charge in [-0.05, 0) is 6.07 Å². The fraction of sp³-hybridized carbons (Fsp3) is 0.375. The minimum atomic E-state index is 0.128. The van der Waals surface area contributed by atoms with Gasteiger partial charge in [-0.1, -0.05) is 18.2 Å². The topological polar surface area (TPSA) is 81.8 Å². The predicted octanol–water partition coefficient (Wildman–Crippen LogP) is 2.22. The third-order valence-corrected chi connectivity index (χ3v) is 4.43. The van der Waals surface area contributed by atoms with Crippen molar-refractivity contribution in [2.24, 2.45) is 10.7 Å². The van der Waals surface area contributed by atoms with Gasteiger partial charge in [0.05, 0.1) is 31.5 Å². The van der Waals surface area contributed by atoms with E-state index >= 15 is 0 Å². The van der Waals surface area contributed by atoms with Crippen LogP contribution in [0.3, 0.4) is 0 Å². The normalized spacial score (nSPS) is 17.4. The van der Waals surface area contributed by atoms with E-state index in [2.05, 4.69) is 21.4 Å². The van der Waals surface area contributed by atoms with Crippen molar-refractivity contribution in [2.45, 2.75) is 25.6 Å². The van der Waals surface area contributed by atoms with Crippen LogP contribution in [0.1, 0.15) is 28.7 Å². The molecule has 3 N–H and O–H groups in total. The van der Waals surface area contributed by atoms with Gasteiger partial charge in [0.15, 0.2) is 5.96 Å². The summed E-state index contributed by atoms with van der Waals surface area (Å²) in [6.45, 7) is 1.67. The Morgan fingerprint density at radius 3 is 3.26 bits per heavy atom. The van der Waals surface area contributed by atoms with Crippen molar-refractivity contribution in [3.63, 3.8) is 0 Å². The van der Waals surface area contributed by atoms with Crippen LogP contribution in [-0.2, 0) is 17.9 Å². The predicted molar refractivity (Wildman–Crippen MR) is 90.6 cm³/mol. The molecule has 2 heterocycles. The number of fused-ring (bicyclic) bond motifs is 1. The number of hydrogen-bond donors (Lipinski definition) is 2. The van der Waals surface area contributed by atoms with Gasteiger partial charge in [0.2, 0.25) is 0 Å². The zero-order valence-corrected chi connectivity index (χ0v) is 13.8. The number of aromatic nitrogens is 1. The van der Waals surface area contributed by atoms with Crippen molar-refractivity contribution in [3.8, 4) is 5.75 Å². The highest BCUT2D eigenvalue weighted by Crippen LogP contribution is 2.31. The minimum Gasteiger partial charge on any atom is -0.493 e. The molecule has 3 rings (SSSR count). The molecule has 1 unspecified atom stereocenters. The number of nitrogens with two attached hydrogens (primary N) is 1. The summed E-state index contributed by atoms with van der Waals surface area (Å²) in [5, 5.41) is 6.20. The van der Waals surface area contributed by atoms with E-state index in [0.717, 1.165) is 28.4 Å². The molecule has 0 fully saturated rings. The molecule has 23 heavy (non-hydrogen) atoms. The number of rotatable bonds is 5. The van der Waals surface area contributed by atoms with Crippen LogP contribution in [0, 0.1) is 0 Å². The van der Waals surface area contributed by atoms with Gasteiger partial charge in [-0.2, -0.15) is 0 Å². The molecule has 1 aromatic heterocycles. The van der Waals surface area contributed by atoms with Gasteiger partial charge in [0.1, 0.15) is 10.8 Å². The van der Waals surface area contributed by atoms with Crippen LogP contribution in [0.5, 0.6) is 5.75 Å². The zero-order chi connectivity index (χ0) is 16.1. The van der Waals surface area contributed by atoms with Crippen LogP contribution in [0.4, 0.5) is 0 Å². The molecule has 0 bridgehead atoms. The Balaban J connectivity index is 1.61. The number of methoxy groups -OCH3 is 1. The molecule has 1 aliphatic rings. The molecule has 1 aliphatic heterocycles. The van der Waals surface area contributed by atoms with E-state index in [1.54, 1.807) is 18.4 Å². The zero-order valence-electron chi connectivity index (χ0n) is 13.0. The minimum absolute atomic E-state index is 0.128. The van der Waals surface area contributed by atoms with E-state index in [-0.39, 0.29) is 6.04 Å². The van der Waals surface area contributed by atoms with Crippen LogP contribution in [0.2, 0.25) is 0 Å². The van der Waals surface area contributed by atoms with Gasteiger partial charge in [-0.25, -0.2) is 9.98 Å². The summed E-state index contributed by atoms with van der Waals surface area (Å²) in [5.41, 5.74) is 8.04. The van der Waals surface area contributed by atoms with Gasteiger partial charge in [-0.15, -0.1) is 11.3 Å². The van der Waals surface area contributed by atoms with Crippen LogP contribution in [-0.4, -0.2) is 24.7 Å². The lowest BCUT2D eigenvalue weighted by molar-refractivity contribution is 0.184. The van der Waals surface area contributed by atoms with Gasteiger partial charge in [-0.3, -0.25) is 0 Å². The first-order valence-corrected chi connectivity index (χ1v) is 8.34. The van der Waals surface area contributed by atoms with E-state index in [1.165, 1.54) is 0 Å². The Morgan fingerprint density at radius 1 is 1.52 bits per heavy atom. The number of nitrogens with zero attached hydrogens (tertiary/aromatic N) is 2. The molecule has 0 saturated carbocycles. The fourth-order valence-electron chi connectivity index (χ4n) is 2.49. The van der Waals surface area contributed by atoms with Crippen molar-refractivity contribution < 1.29 is 9.47 Å². The number of nitrogens with one attached hydrogen (secondary N) is 1. The summed E-state index contributed by atoms with van der Waals surface area (Å²) in [5.74, 6) is 1.33. The third-order valence-electron chi connectivity index (χ3n) is 3.56. The summed E-state index contributed by atoms with van der Waals surface area (Å²) in [4.78, 5) is 8.82. The molecular formula is C16H20N4O2S. The number of para-hydroxylation sites is 1. The summed E-state index contributed by atoms with van der Waals surface area (Å²) >= 11 is 1.57. The maximum Gasteiger partial charge on any atom is 0.189 e. The molecule has 0 radical (unpaired) electrons. The quantitative estimate of drug-likeness (QED) is 0.648. The monoisotopic (exact) mass is 332 g/mol. The van der Waals surface area contributed by atoms with Gasteiger partial charge < -0.3 is 20.5 Å². The Kier molecular flexibility index (Phi) is 5.09. The van der Waals surface area contributed by atoms with Crippen molar-refractivity contribution in [1.82, 2.24) is 10.3 Å². The molecule has 2 aromatic rings. The first-order chi connectivity index (χ1) is 11.3. The smallest absolute Gasteiger partial charge is 0.189 e. The Hall–Kier alpha value is -2.12. The first-order valence-electron chi connectivity index (χ1n) is 7.46. The molecular weight excluding hydrogens is 312 g/mol. The van der Waals surface area contributed by atoms with Crippen LogP contribution in [0.15, 0.2) is 34.6 Å². The second kappa shape index (κ2) is 7.43. The van der Waals surface area contributed by atoms with E-state index < -0.39 is 0 Å². The molecule has 0 saturated heterocycles. The average molecular weight is 332 g/mol. The summed E-state index contributed by atoms with van der Waals surface area (Å²) in [6, 6.07) is 8.13. The van der Waals surface area contributed by atoms with Crippen LogP contribution >= 0.6 is 11.3 Å². The van der Waals surface area contributed by atoms with E-state index in [0.29, 0.717) is 25.7 Å². The summed E-state index contributed by atoms with van der Waals surface area (Å²) < 4.78 is 10.7. The van der Waals surface area contributed by atoms with E-state index in [1.807, 2.05) is 23.6 Å². The molecule has 0 spiro atoms. The number of guanidine groups is 1. The molecule has 1 atom stereocenters. The third kappa shape index (κ3) is 4.00. The Morgan fingerprint density at radius 2 is 2.39 bits per heavy atom. The SMILES string of the molecule is COCc1nc(CN=C(N)NC2CCOc3ccccc32)cs1. The molecule has 0 aliphatic carbocycles. The van der Waals surface area contributed by atoms with Crippen molar-refractivity contribution in [1.29, 1.82) is 0 Å². The van der Waals surface area contributed by atoms with Gasteiger partial charge >= 0.3 is 0 Å². The largest absolute Gasteiger partial charge is 0.493 e. The fourth-order valence-corrected chi connectivity index (χ4v) is 3.25. The lowest BCUT2D eigenvalue weighted by Crippen LogP contribution is -2.37. The second-order valence-corrected chi connectivity index (χ2v) is 6.18. The molecule has 122 valence electrons. The molecule has 1 aromatic carbocycles. The van der Waals surface area contributed by atoms with Crippen molar-refractivity contribution in [3.05, 3.63) is 45.9 Å². The molecule has 6 nitrogen and oxygen atoms in total. The molecule has 0 amide bonds. The number of aliphatic imine (C=N–C) groups is 1. The summed E-state index contributed by atoms with van der Waals surface area (Å²) in [7, 11) is 1.66. The van der Waals surface area contributed by atoms with Gasteiger partial charge in [0.25, 0.3) is 0 Å². The summed E-state index contributed by atoms with van der Waals surface area (Å²) in [6.07, 6.45) is 0.863. The standard InChI is InChI=1S/C16H20N4O2S/c1-21-9-15-19-11(10-23-15)8-18-16(17)20-13-6-7-22-14-5-3-2-4-12(13)14/h2-5,10,13H,6-9H2,1H3,(H3,17,18,20). The number of benzene rings is 1. The maximum absolute atomic E-state index is 6.02. The number of hydrogen-bond acceptors (Lipinski definition) is 5. The first kappa shape index (κ1) is 15.8. The van der Waals surface area contributed by atoms with Crippen LogP contribution in [0.25, 0.3) is 0 Å².